The first-order valence-electron chi connectivity index (χ1n) is 4.27. The number of hydrogen-bond donors (Lipinski definition) is 2. The number of aromatic nitrogens is 2. The molecule has 4 nitrogen and oxygen atoms in total. The van der Waals surface area contributed by atoms with Crippen LogP contribution in [0.25, 0.3) is 0 Å². The van der Waals surface area contributed by atoms with E-state index in [1.54, 1.807) is 17.0 Å². The molecule has 0 saturated heterocycles. The molecular formula is C8H13N3O. The van der Waals surface area contributed by atoms with E-state index in [-0.39, 0.29) is 11.7 Å². The summed E-state index contributed by atoms with van der Waals surface area (Å²) in [5, 5.41) is 0. The van der Waals surface area contributed by atoms with E-state index in [1.165, 1.54) is 12.8 Å². The van der Waals surface area contributed by atoms with Crippen molar-refractivity contribution >= 4 is 0 Å². The maximum absolute atomic E-state index is 11.0. The number of H-pyrrole nitrogens is 1. The van der Waals surface area contributed by atoms with Gasteiger partial charge in [-0.05, 0) is 18.8 Å². The molecule has 1 aliphatic rings. The summed E-state index contributed by atoms with van der Waals surface area (Å²) >= 11 is 0. The minimum Gasteiger partial charge on any atom is -0.326 e. The van der Waals surface area contributed by atoms with Gasteiger partial charge in [0.25, 0.3) is 0 Å². The third-order valence-electron chi connectivity index (χ3n) is 2.36. The Hall–Kier alpha value is -1.03. The summed E-state index contributed by atoms with van der Waals surface area (Å²) in [6, 6.07) is 0.151. The molecular weight excluding hydrogens is 154 g/mol. The summed E-state index contributed by atoms with van der Waals surface area (Å²) < 4.78 is 1.63. The molecule has 1 unspecified atom stereocenters. The van der Waals surface area contributed by atoms with E-state index in [1.807, 2.05) is 0 Å². The molecule has 1 aromatic heterocycles. The van der Waals surface area contributed by atoms with Gasteiger partial charge in [-0.3, -0.25) is 4.57 Å². The zero-order valence-corrected chi connectivity index (χ0v) is 6.86. The predicted octanol–water partition coefficient (Wildman–Crippen LogP) is -0.0863. The number of hydrogen-bond acceptors (Lipinski definition) is 2. The molecule has 4 heteroatoms. The molecule has 1 heterocycles. The normalized spacial score (nSPS) is 19.4. The molecule has 0 aromatic carbocycles. The minimum absolute atomic E-state index is 0.0638. The van der Waals surface area contributed by atoms with Crippen LogP contribution in [-0.2, 0) is 6.54 Å². The topological polar surface area (TPSA) is 63.8 Å². The predicted molar refractivity (Wildman–Crippen MR) is 45.8 cm³/mol. The molecule has 1 aromatic rings. The van der Waals surface area contributed by atoms with Gasteiger partial charge < -0.3 is 10.7 Å². The Morgan fingerprint density at radius 3 is 3.00 bits per heavy atom. The van der Waals surface area contributed by atoms with Crippen LogP contribution in [0.4, 0.5) is 0 Å². The van der Waals surface area contributed by atoms with Gasteiger partial charge in [-0.2, -0.15) is 0 Å². The van der Waals surface area contributed by atoms with Crippen LogP contribution in [0.5, 0.6) is 0 Å². The molecule has 0 aliphatic heterocycles. The molecule has 3 N–H and O–H groups in total. The third-order valence-corrected chi connectivity index (χ3v) is 2.36. The third kappa shape index (κ3) is 1.43. The quantitative estimate of drug-likeness (QED) is 0.661. The zero-order valence-electron chi connectivity index (χ0n) is 6.86. The Balaban J connectivity index is 2.02. The van der Waals surface area contributed by atoms with Crippen LogP contribution >= 0.6 is 0 Å². The summed E-state index contributed by atoms with van der Waals surface area (Å²) in [5.41, 5.74) is 5.80. The van der Waals surface area contributed by atoms with E-state index < -0.39 is 0 Å². The van der Waals surface area contributed by atoms with E-state index in [0.717, 1.165) is 0 Å². The van der Waals surface area contributed by atoms with Crippen molar-refractivity contribution in [3.63, 3.8) is 0 Å². The highest BCUT2D eigenvalue weighted by Crippen LogP contribution is 2.31. The highest BCUT2D eigenvalue weighted by molar-refractivity contribution is 4.86. The lowest BCUT2D eigenvalue weighted by molar-refractivity contribution is 0.494. The van der Waals surface area contributed by atoms with Gasteiger partial charge >= 0.3 is 5.69 Å². The van der Waals surface area contributed by atoms with Gasteiger partial charge in [0, 0.05) is 25.0 Å². The number of imidazole rings is 1. The van der Waals surface area contributed by atoms with E-state index >= 15 is 0 Å². The van der Waals surface area contributed by atoms with Crippen molar-refractivity contribution in [2.75, 3.05) is 0 Å². The Morgan fingerprint density at radius 2 is 2.50 bits per heavy atom. The smallest absolute Gasteiger partial charge is 0.325 e. The average molecular weight is 167 g/mol. The van der Waals surface area contributed by atoms with Gasteiger partial charge in [-0.15, -0.1) is 0 Å². The Kier molecular flexibility index (Phi) is 1.77. The van der Waals surface area contributed by atoms with Gasteiger partial charge in [-0.25, -0.2) is 4.79 Å². The molecule has 66 valence electrons. The van der Waals surface area contributed by atoms with E-state index in [9.17, 15) is 4.79 Å². The minimum atomic E-state index is -0.0638. The lowest BCUT2D eigenvalue weighted by atomic mass is 10.2. The monoisotopic (exact) mass is 167 g/mol. The fourth-order valence-corrected chi connectivity index (χ4v) is 1.39. The number of aromatic amines is 1. The highest BCUT2D eigenvalue weighted by atomic mass is 16.1. The lowest BCUT2D eigenvalue weighted by Crippen LogP contribution is -2.32. The molecule has 1 saturated carbocycles. The fourth-order valence-electron chi connectivity index (χ4n) is 1.39. The van der Waals surface area contributed by atoms with E-state index in [2.05, 4.69) is 4.98 Å². The van der Waals surface area contributed by atoms with Crippen LogP contribution < -0.4 is 11.4 Å². The van der Waals surface area contributed by atoms with Crippen molar-refractivity contribution in [3.05, 3.63) is 22.9 Å². The molecule has 1 atom stereocenters. The molecule has 1 fully saturated rings. The Morgan fingerprint density at radius 1 is 1.75 bits per heavy atom. The van der Waals surface area contributed by atoms with Crippen molar-refractivity contribution < 1.29 is 0 Å². The van der Waals surface area contributed by atoms with Gasteiger partial charge in [0.05, 0.1) is 0 Å². The van der Waals surface area contributed by atoms with Gasteiger partial charge in [0.15, 0.2) is 0 Å². The summed E-state index contributed by atoms with van der Waals surface area (Å²) in [7, 11) is 0. The molecule has 1 aliphatic carbocycles. The number of nitrogens with one attached hydrogen (secondary N) is 1. The van der Waals surface area contributed by atoms with Gasteiger partial charge in [0.2, 0.25) is 0 Å². The van der Waals surface area contributed by atoms with Crippen LogP contribution in [0.1, 0.15) is 12.8 Å². The Labute approximate surface area is 70.4 Å². The maximum Gasteiger partial charge on any atom is 0.325 e. The van der Waals surface area contributed by atoms with Crippen LogP contribution in [0.15, 0.2) is 17.2 Å². The van der Waals surface area contributed by atoms with Crippen molar-refractivity contribution in [2.45, 2.75) is 25.4 Å². The second-order valence-corrected chi connectivity index (χ2v) is 3.42. The average Bonchev–Trinajstić information content (AvgIpc) is 2.80. The molecule has 12 heavy (non-hydrogen) atoms. The van der Waals surface area contributed by atoms with Crippen LogP contribution in [0.2, 0.25) is 0 Å². The standard InChI is InChI=1S/C8H13N3O/c9-7(6-1-2-6)5-11-4-3-10-8(11)12/h3-4,6-7H,1-2,5,9H2,(H,10,12). The van der Waals surface area contributed by atoms with Crippen molar-refractivity contribution in [1.29, 1.82) is 0 Å². The fraction of sp³-hybridized carbons (Fsp3) is 0.625. The maximum atomic E-state index is 11.0. The van der Waals surface area contributed by atoms with Crippen LogP contribution in [0.3, 0.4) is 0 Å². The Bertz CT molecular complexity index is 310. The second kappa shape index (κ2) is 2.79. The summed E-state index contributed by atoms with van der Waals surface area (Å²) in [4.78, 5) is 13.6. The van der Waals surface area contributed by atoms with E-state index in [0.29, 0.717) is 12.5 Å². The van der Waals surface area contributed by atoms with E-state index in [4.69, 9.17) is 5.73 Å². The largest absolute Gasteiger partial charge is 0.326 e. The van der Waals surface area contributed by atoms with Crippen molar-refractivity contribution in [2.24, 2.45) is 11.7 Å². The van der Waals surface area contributed by atoms with Crippen LogP contribution in [-0.4, -0.2) is 15.6 Å². The molecule has 0 bridgehead atoms. The lowest BCUT2D eigenvalue weighted by Gasteiger charge is -2.09. The number of rotatable bonds is 3. The summed E-state index contributed by atoms with van der Waals surface area (Å²) in [5.74, 6) is 0.645. The number of nitrogens with zero attached hydrogens (tertiary/aromatic N) is 1. The molecule has 0 amide bonds. The first-order chi connectivity index (χ1) is 5.77. The van der Waals surface area contributed by atoms with Crippen molar-refractivity contribution in [1.82, 2.24) is 9.55 Å². The summed E-state index contributed by atoms with van der Waals surface area (Å²) in [6.45, 7) is 0.646. The first-order valence-corrected chi connectivity index (χ1v) is 4.27. The number of nitrogens with two attached hydrogens (primary N) is 1. The zero-order chi connectivity index (χ0) is 8.55. The molecule has 2 rings (SSSR count). The SMILES string of the molecule is NC(Cn1cc[nH]c1=O)C1CC1. The summed E-state index contributed by atoms with van der Waals surface area (Å²) in [6.07, 6.45) is 5.83. The highest BCUT2D eigenvalue weighted by Gasteiger charge is 2.28. The molecule has 0 spiro atoms. The van der Waals surface area contributed by atoms with Crippen molar-refractivity contribution in [3.8, 4) is 0 Å². The molecule has 0 radical (unpaired) electrons. The van der Waals surface area contributed by atoms with Gasteiger partial charge in [-0.1, -0.05) is 0 Å². The first kappa shape index (κ1) is 7.61. The van der Waals surface area contributed by atoms with Gasteiger partial charge in [0.1, 0.15) is 0 Å². The second-order valence-electron chi connectivity index (χ2n) is 3.42. The van der Waals surface area contributed by atoms with Crippen LogP contribution in [0, 0.1) is 5.92 Å².